The van der Waals surface area contributed by atoms with Crippen LogP contribution in [0.4, 0.5) is 0 Å². The SMILES string of the molecule is CCCOCCOc1ccccc1C(N)=S. The van der Waals surface area contributed by atoms with Gasteiger partial charge in [0.15, 0.2) is 0 Å². The molecule has 0 radical (unpaired) electrons. The van der Waals surface area contributed by atoms with Crippen molar-refractivity contribution in [3.63, 3.8) is 0 Å². The van der Waals surface area contributed by atoms with Crippen LogP contribution in [0.1, 0.15) is 18.9 Å². The Morgan fingerprint density at radius 3 is 2.69 bits per heavy atom. The van der Waals surface area contributed by atoms with Crippen LogP contribution < -0.4 is 10.5 Å². The van der Waals surface area contributed by atoms with E-state index in [2.05, 4.69) is 6.92 Å². The average Bonchev–Trinajstić information content (AvgIpc) is 2.29. The third-order valence-corrected chi connectivity index (χ3v) is 2.21. The molecule has 0 bridgehead atoms. The highest BCUT2D eigenvalue weighted by Crippen LogP contribution is 2.17. The van der Waals surface area contributed by atoms with E-state index in [0.29, 0.717) is 18.2 Å². The van der Waals surface area contributed by atoms with Crippen LogP contribution in [0.25, 0.3) is 0 Å². The summed E-state index contributed by atoms with van der Waals surface area (Å²) in [6, 6.07) is 7.48. The zero-order valence-electron chi connectivity index (χ0n) is 9.44. The summed E-state index contributed by atoms with van der Waals surface area (Å²) >= 11 is 4.94. The molecule has 0 saturated heterocycles. The van der Waals surface area contributed by atoms with Crippen molar-refractivity contribution in [3.8, 4) is 5.75 Å². The maximum atomic E-state index is 5.59. The molecule has 1 aromatic rings. The Hall–Kier alpha value is -1.13. The van der Waals surface area contributed by atoms with E-state index in [4.69, 9.17) is 27.4 Å². The van der Waals surface area contributed by atoms with Crippen molar-refractivity contribution in [2.45, 2.75) is 13.3 Å². The lowest BCUT2D eigenvalue weighted by Gasteiger charge is -2.10. The molecule has 0 unspecified atom stereocenters. The van der Waals surface area contributed by atoms with Gasteiger partial charge in [-0.2, -0.15) is 0 Å². The molecule has 2 N–H and O–H groups in total. The lowest BCUT2D eigenvalue weighted by molar-refractivity contribution is 0.101. The van der Waals surface area contributed by atoms with Crippen molar-refractivity contribution in [3.05, 3.63) is 29.8 Å². The summed E-state index contributed by atoms with van der Waals surface area (Å²) < 4.78 is 10.9. The van der Waals surface area contributed by atoms with Crippen LogP contribution in [-0.2, 0) is 4.74 Å². The monoisotopic (exact) mass is 239 g/mol. The third kappa shape index (κ3) is 4.16. The minimum atomic E-state index is 0.352. The fourth-order valence-electron chi connectivity index (χ4n) is 1.25. The predicted octanol–water partition coefficient (Wildman–Crippen LogP) is 2.13. The largest absolute Gasteiger partial charge is 0.490 e. The Kier molecular flexibility index (Phi) is 5.82. The van der Waals surface area contributed by atoms with Crippen molar-refractivity contribution in [2.24, 2.45) is 5.73 Å². The molecule has 0 aliphatic carbocycles. The van der Waals surface area contributed by atoms with Gasteiger partial charge in [-0.15, -0.1) is 0 Å². The molecule has 1 aromatic carbocycles. The van der Waals surface area contributed by atoms with Gasteiger partial charge in [-0.25, -0.2) is 0 Å². The molecular formula is C12H17NO2S. The van der Waals surface area contributed by atoms with E-state index in [0.717, 1.165) is 24.3 Å². The summed E-state index contributed by atoms with van der Waals surface area (Å²) in [7, 11) is 0. The van der Waals surface area contributed by atoms with Crippen LogP contribution in [0.2, 0.25) is 0 Å². The number of hydrogen-bond donors (Lipinski definition) is 1. The van der Waals surface area contributed by atoms with Crippen LogP contribution >= 0.6 is 12.2 Å². The van der Waals surface area contributed by atoms with Crippen molar-refractivity contribution in [1.82, 2.24) is 0 Å². The number of thiocarbonyl (C=S) groups is 1. The van der Waals surface area contributed by atoms with Gasteiger partial charge in [-0.3, -0.25) is 0 Å². The Balaban J connectivity index is 2.44. The first-order chi connectivity index (χ1) is 7.75. The van der Waals surface area contributed by atoms with Gasteiger partial charge in [0.2, 0.25) is 0 Å². The molecular weight excluding hydrogens is 222 g/mol. The number of rotatable bonds is 7. The van der Waals surface area contributed by atoms with Crippen molar-refractivity contribution in [2.75, 3.05) is 19.8 Å². The second kappa shape index (κ2) is 7.19. The Bertz CT molecular complexity index is 342. The number of ether oxygens (including phenoxy) is 2. The van der Waals surface area contributed by atoms with E-state index in [-0.39, 0.29) is 0 Å². The molecule has 16 heavy (non-hydrogen) atoms. The normalized spacial score (nSPS) is 10.1. The van der Waals surface area contributed by atoms with Crippen LogP contribution in [0.5, 0.6) is 5.75 Å². The smallest absolute Gasteiger partial charge is 0.129 e. The number of para-hydroxylation sites is 1. The molecule has 88 valence electrons. The highest BCUT2D eigenvalue weighted by Gasteiger charge is 2.04. The highest BCUT2D eigenvalue weighted by molar-refractivity contribution is 7.80. The van der Waals surface area contributed by atoms with E-state index >= 15 is 0 Å². The van der Waals surface area contributed by atoms with Gasteiger partial charge in [0.25, 0.3) is 0 Å². The fourth-order valence-corrected chi connectivity index (χ4v) is 1.42. The molecule has 0 saturated carbocycles. The molecule has 0 fully saturated rings. The highest BCUT2D eigenvalue weighted by atomic mass is 32.1. The molecule has 0 aliphatic rings. The topological polar surface area (TPSA) is 44.5 Å². The quantitative estimate of drug-likeness (QED) is 0.585. The van der Waals surface area contributed by atoms with Crippen LogP contribution in [0.15, 0.2) is 24.3 Å². The molecule has 0 spiro atoms. The van der Waals surface area contributed by atoms with E-state index in [1.54, 1.807) is 0 Å². The number of nitrogens with two attached hydrogens (primary N) is 1. The van der Waals surface area contributed by atoms with Crippen LogP contribution in [-0.4, -0.2) is 24.8 Å². The van der Waals surface area contributed by atoms with Gasteiger partial charge in [-0.1, -0.05) is 31.3 Å². The number of benzene rings is 1. The zero-order valence-corrected chi connectivity index (χ0v) is 10.3. The molecule has 4 heteroatoms. The standard InChI is InChI=1S/C12H17NO2S/c1-2-7-14-8-9-15-11-6-4-3-5-10(11)12(13)16/h3-6H,2,7-9H2,1H3,(H2,13,16). The summed E-state index contributed by atoms with van der Waals surface area (Å²) in [6.07, 6.45) is 1.02. The summed E-state index contributed by atoms with van der Waals surface area (Å²) in [5.74, 6) is 0.718. The molecule has 3 nitrogen and oxygen atoms in total. The van der Waals surface area contributed by atoms with Gasteiger partial charge in [0.05, 0.1) is 12.2 Å². The molecule has 0 heterocycles. The fraction of sp³-hybridized carbons (Fsp3) is 0.417. The molecule has 0 amide bonds. The van der Waals surface area contributed by atoms with Gasteiger partial charge in [-0.05, 0) is 18.6 Å². The first kappa shape index (κ1) is 12.9. The third-order valence-electron chi connectivity index (χ3n) is 1.99. The summed E-state index contributed by atoms with van der Waals surface area (Å²) in [5, 5.41) is 0. The second-order valence-corrected chi connectivity index (χ2v) is 3.76. The second-order valence-electron chi connectivity index (χ2n) is 3.32. The average molecular weight is 239 g/mol. The van der Waals surface area contributed by atoms with Crippen molar-refractivity contribution < 1.29 is 9.47 Å². The van der Waals surface area contributed by atoms with E-state index in [1.165, 1.54) is 0 Å². The first-order valence-electron chi connectivity index (χ1n) is 5.35. The maximum absolute atomic E-state index is 5.59. The van der Waals surface area contributed by atoms with Gasteiger partial charge < -0.3 is 15.2 Å². The molecule has 0 atom stereocenters. The van der Waals surface area contributed by atoms with Gasteiger partial charge in [0, 0.05) is 6.61 Å². The predicted molar refractivity (Wildman–Crippen MR) is 68.9 cm³/mol. The molecule has 0 aromatic heterocycles. The van der Waals surface area contributed by atoms with Crippen LogP contribution in [0.3, 0.4) is 0 Å². The Labute approximate surface area is 102 Å². The van der Waals surface area contributed by atoms with E-state index in [9.17, 15) is 0 Å². The summed E-state index contributed by atoms with van der Waals surface area (Å²) in [5.41, 5.74) is 6.36. The Morgan fingerprint density at radius 2 is 2.00 bits per heavy atom. The van der Waals surface area contributed by atoms with Crippen molar-refractivity contribution >= 4 is 17.2 Å². The summed E-state index contributed by atoms with van der Waals surface area (Å²) in [4.78, 5) is 0.352. The van der Waals surface area contributed by atoms with Gasteiger partial charge in [0.1, 0.15) is 17.3 Å². The minimum Gasteiger partial charge on any atom is -0.490 e. The molecule has 0 aliphatic heterocycles. The molecule has 1 rings (SSSR count). The minimum absolute atomic E-state index is 0.352. The van der Waals surface area contributed by atoms with E-state index in [1.807, 2.05) is 24.3 Å². The summed E-state index contributed by atoms with van der Waals surface area (Å²) in [6.45, 7) is 3.93. The maximum Gasteiger partial charge on any atom is 0.129 e. The van der Waals surface area contributed by atoms with Crippen LogP contribution in [0, 0.1) is 0 Å². The van der Waals surface area contributed by atoms with Crippen molar-refractivity contribution in [1.29, 1.82) is 0 Å². The number of hydrogen-bond acceptors (Lipinski definition) is 3. The first-order valence-corrected chi connectivity index (χ1v) is 5.76. The zero-order chi connectivity index (χ0) is 11.8. The van der Waals surface area contributed by atoms with E-state index < -0.39 is 0 Å². The van der Waals surface area contributed by atoms with Gasteiger partial charge >= 0.3 is 0 Å². The lowest BCUT2D eigenvalue weighted by atomic mass is 10.2. The Morgan fingerprint density at radius 1 is 1.25 bits per heavy atom. The lowest BCUT2D eigenvalue weighted by Crippen LogP contribution is -2.13.